The number of hydrogen-bond acceptors (Lipinski definition) is 6. The number of amides is 1. The minimum absolute atomic E-state index is 0.0156. The Labute approximate surface area is 145 Å². The van der Waals surface area contributed by atoms with Crippen LogP contribution in [0, 0.1) is 0 Å². The summed E-state index contributed by atoms with van der Waals surface area (Å²) in [5.74, 6) is 0.900. The van der Waals surface area contributed by atoms with E-state index in [-0.39, 0.29) is 11.8 Å². The smallest absolute Gasteiger partial charge is 0.311 e. The molecule has 0 unspecified atom stereocenters. The van der Waals surface area contributed by atoms with Gasteiger partial charge in [0.15, 0.2) is 0 Å². The molecule has 2 aromatic heterocycles. The number of aromatic nitrogens is 3. The van der Waals surface area contributed by atoms with Gasteiger partial charge < -0.3 is 14.1 Å². The minimum atomic E-state index is -0.303. The molecule has 0 fully saturated rings. The molecule has 0 radical (unpaired) electrons. The molecule has 0 bridgehead atoms. The molecule has 0 saturated heterocycles. The van der Waals surface area contributed by atoms with Gasteiger partial charge in [-0.15, -0.1) is 10.2 Å². The Bertz CT molecular complexity index is 891. The van der Waals surface area contributed by atoms with Gasteiger partial charge in [0.05, 0.1) is 7.11 Å². The number of carbonyl (C=O) groups is 1. The van der Waals surface area contributed by atoms with Crippen molar-refractivity contribution in [3.8, 4) is 5.75 Å². The molecule has 0 aliphatic heterocycles. The average Bonchev–Trinajstić information content (AvgIpc) is 3.10. The van der Waals surface area contributed by atoms with Crippen molar-refractivity contribution in [2.45, 2.75) is 26.3 Å². The fourth-order valence-electron chi connectivity index (χ4n) is 2.65. The van der Waals surface area contributed by atoms with E-state index in [4.69, 9.17) is 9.15 Å². The largest absolute Gasteiger partial charge is 0.494 e. The zero-order valence-corrected chi connectivity index (χ0v) is 14.5. The molecule has 0 spiro atoms. The normalized spacial score (nSPS) is 10.8. The highest BCUT2D eigenvalue weighted by Gasteiger charge is 2.20. The summed E-state index contributed by atoms with van der Waals surface area (Å²) in [4.78, 5) is 18.4. The van der Waals surface area contributed by atoms with Gasteiger partial charge in [0.25, 0.3) is 0 Å². The van der Waals surface area contributed by atoms with Crippen LogP contribution >= 0.6 is 0 Å². The van der Waals surface area contributed by atoms with E-state index in [2.05, 4.69) is 15.2 Å². The summed E-state index contributed by atoms with van der Waals surface area (Å²) in [5, 5.41) is 8.69. The Morgan fingerprint density at radius 2 is 2.12 bits per heavy atom. The number of methoxy groups -OCH3 is 1. The third kappa shape index (κ3) is 3.45. The van der Waals surface area contributed by atoms with Gasteiger partial charge in [0.2, 0.25) is 5.89 Å². The molecule has 0 aliphatic rings. The minimum Gasteiger partial charge on any atom is -0.494 e. The van der Waals surface area contributed by atoms with Crippen LogP contribution in [0.3, 0.4) is 0 Å². The third-order valence-corrected chi connectivity index (χ3v) is 3.91. The maximum absolute atomic E-state index is 12.5. The predicted octanol–water partition coefficient (Wildman–Crippen LogP) is 2.85. The SMILES string of the molecule is CCCc1nnc(C(=O)N(C)Cc2ccc(OC)c3ncccc23)o1. The lowest BCUT2D eigenvalue weighted by atomic mass is 10.1. The van der Waals surface area contributed by atoms with Crippen LogP contribution in [-0.4, -0.2) is 40.1 Å². The first-order valence-corrected chi connectivity index (χ1v) is 8.12. The first-order chi connectivity index (χ1) is 12.1. The number of ether oxygens (including phenoxy) is 1. The number of hydrogen-bond donors (Lipinski definition) is 0. The molecule has 0 N–H and O–H groups in total. The summed E-state index contributed by atoms with van der Waals surface area (Å²) in [7, 11) is 3.32. The Morgan fingerprint density at radius 3 is 2.88 bits per heavy atom. The number of aryl methyl sites for hydroxylation is 1. The predicted molar refractivity (Wildman–Crippen MR) is 92.4 cm³/mol. The number of fused-ring (bicyclic) bond motifs is 1. The standard InChI is InChI=1S/C18H20N4O3/c1-4-6-15-20-21-17(25-15)18(23)22(2)11-12-8-9-14(24-3)16-13(12)7-5-10-19-16/h5,7-10H,4,6,11H2,1-3H3. The summed E-state index contributed by atoms with van der Waals surface area (Å²) in [6.07, 6.45) is 3.27. The first-order valence-electron chi connectivity index (χ1n) is 8.12. The van der Waals surface area contributed by atoms with Crippen molar-refractivity contribution in [3.05, 3.63) is 47.8 Å². The van der Waals surface area contributed by atoms with Gasteiger partial charge >= 0.3 is 11.8 Å². The van der Waals surface area contributed by atoms with Crippen LogP contribution in [0.15, 0.2) is 34.9 Å². The molecule has 0 aliphatic carbocycles. The Kier molecular flexibility index (Phi) is 4.92. The second-order valence-electron chi connectivity index (χ2n) is 5.74. The Morgan fingerprint density at radius 1 is 1.28 bits per heavy atom. The number of rotatable bonds is 6. The lowest BCUT2D eigenvalue weighted by Gasteiger charge is -2.17. The maximum atomic E-state index is 12.5. The van der Waals surface area contributed by atoms with Crippen molar-refractivity contribution < 1.29 is 13.9 Å². The second-order valence-corrected chi connectivity index (χ2v) is 5.74. The van der Waals surface area contributed by atoms with Crippen LogP contribution in [0.4, 0.5) is 0 Å². The van der Waals surface area contributed by atoms with Gasteiger partial charge in [-0.1, -0.05) is 19.1 Å². The molecule has 25 heavy (non-hydrogen) atoms. The van der Waals surface area contributed by atoms with E-state index < -0.39 is 0 Å². The highest BCUT2D eigenvalue weighted by atomic mass is 16.5. The zero-order chi connectivity index (χ0) is 17.8. The fraction of sp³-hybridized carbons (Fsp3) is 0.333. The van der Waals surface area contributed by atoms with Gasteiger partial charge in [-0.05, 0) is 24.1 Å². The van der Waals surface area contributed by atoms with Gasteiger partial charge in [-0.2, -0.15) is 0 Å². The first kappa shape index (κ1) is 16.9. The molecule has 2 heterocycles. The van der Waals surface area contributed by atoms with E-state index in [9.17, 15) is 4.79 Å². The molecule has 1 amide bonds. The number of nitrogens with zero attached hydrogens (tertiary/aromatic N) is 4. The van der Waals surface area contributed by atoms with Crippen LogP contribution in [0.2, 0.25) is 0 Å². The van der Waals surface area contributed by atoms with Crippen molar-refractivity contribution in [1.29, 1.82) is 0 Å². The average molecular weight is 340 g/mol. The number of carbonyl (C=O) groups excluding carboxylic acids is 1. The lowest BCUT2D eigenvalue weighted by Crippen LogP contribution is -2.26. The van der Waals surface area contributed by atoms with Crippen molar-refractivity contribution in [2.75, 3.05) is 14.2 Å². The zero-order valence-electron chi connectivity index (χ0n) is 14.5. The molecule has 7 heteroatoms. The van der Waals surface area contributed by atoms with E-state index in [0.717, 1.165) is 22.9 Å². The van der Waals surface area contributed by atoms with E-state index in [1.54, 1.807) is 25.3 Å². The molecule has 1 aromatic carbocycles. The van der Waals surface area contributed by atoms with Gasteiger partial charge in [0.1, 0.15) is 11.3 Å². The Hall–Kier alpha value is -2.96. The molecular formula is C18H20N4O3. The van der Waals surface area contributed by atoms with Gasteiger partial charge in [0, 0.05) is 31.6 Å². The summed E-state index contributed by atoms with van der Waals surface area (Å²) in [5.41, 5.74) is 1.74. The number of pyridine rings is 1. The number of benzene rings is 1. The van der Waals surface area contributed by atoms with E-state index in [1.165, 1.54) is 0 Å². The van der Waals surface area contributed by atoms with Crippen molar-refractivity contribution in [1.82, 2.24) is 20.1 Å². The van der Waals surface area contributed by atoms with Crippen LogP contribution in [0.5, 0.6) is 5.75 Å². The molecule has 3 rings (SSSR count). The summed E-state index contributed by atoms with van der Waals surface area (Å²) in [6, 6.07) is 7.62. The van der Waals surface area contributed by atoms with E-state index >= 15 is 0 Å². The van der Waals surface area contributed by atoms with Crippen LogP contribution in [0.1, 0.15) is 35.5 Å². The quantitative estimate of drug-likeness (QED) is 0.686. The second kappa shape index (κ2) is 7.29. The molecule has 0 saturated carbocycles. The van der Waals surface area contributed by atoms with Crippen molar-refractivity contribution in [2.24, 2.45) is 0 Å². The van der Waals surface area contributed by atoms with Gasteiger partial charge in [-0.3, -0.25) is 9.78 Å². The third-order valence-electron chi connectivity index (χ3n) is 3.91. The van der Waals surface area contributed by atoms with E-state index in [1.807, 2.05) is 31.2 Å². The maximum Gasteiger partial charge on any atom is 0.311 e. The fourth-order valence-corrected chi connectivity index (χ4v) is 2.65. The molecule has 130 valence electrons. The van der Waals surface area contributed by atoms with Gasteiger partial charge in [-0.25, -0.2) is 0 Å². The summed E-state index contributed by atoms with van der Waals surface area (Å²) < 4.78 is 10.8. The van der Waals surface area contributed by atoms with Crippen molar-refractivity contribution in [3.63, 3.8) is 0 Å². The van der Waals surface area contributed by atoms with Crippen LogP contribution in [-0.2, 0) is 13.0 Å². The molecule has 3 aromatic rings. The molecule has 0 atom stereocenters. The van der Waals surface area contributed by atoms with Crippen LogP contribution < -0.4 is 4.74 Å². The Balaban J connectivity index is 1.84. The van der Waals surface area contributed by atoms with Crippen molar-refractivity contribution >= 4 is 16.8 Å². The van der Waals surface area contributed by atoms with E-state index in [0.29, 0.717) is 24.6 Å². The highest BCUT2D eigenvalue weighted by molar-refractivity contribution is 5.91. The summed E-state index contributed by atoms with van der Waals surface area (Å²) in [6.45, 7) is 2.41. The lowest BCUT2D eigenvalue weighted by molar-refractivity contribution is 0.0744. The monoisotopic (exact) mass is 340 g/mol. The topological polar surface area (TPSA) is 81.4 Å². The summed E-state index contributed by atoms with van der Waals surface area (Å²) >= 11 is 0. The molecular weight excluding hydrogens is 320 g/mol. The molecule has 7 nitrogen and oxygen atoms in total. The highest BCUT2D eigenvalue weighted by Crippen LogP contribution is 2.27. The van der Waals surface area contributed by atoms with Crippen LogP contribution in [0.25, 0.3) is 10.9 Å².